The molecule has 0 bridgehead atoms. The smallest absolute Gasteiger partial charge is 0.338 e. The number of carboxylic acids is 1. The number of aromatic hydroxyl groups is 1. The van der Waals surface area contributed by atoms with Crippen LogP contribution in [0.1, 0.15) is 21.6 Å². The molecule has 0 aliphatic heterocycles. The minimum Gasteiger partial charge on any atom is -0.508 e. The maximum Gasteiger partial charge on any atom is 0.338 e. The number of aromatic nitrogens is 1. The molecule has 0 fully saturated rings. The fraction of sp³-hybridized carbons (Fsp3) is 0.118. The molecule has 3 rings (SSSR count). The summed E-state index contributed by atoms with van der Waals surface area (Å²) in [5, 5.41) is 19.6. The first-order valence-corrected chi connectivity index (χ1v) is 6.67. The Morgan fingerprint density at radius 1 is 1.14 bits per heavy atom. The van der Waals surface area contributed by atoms with Crippen LogP contribution in [0.25, 0.3) is 10.9 Å². The number of nitrogens with zero attached hydrogens (tertiary/aromatic N) is 1. The van der Waals surface area contributed by atoms with Crippen LogP contribution in [0.3, 0.4) is 0 Å². The molecule has 0 atom stereocenters. The summed E-state index contributed by atoms with van der Waals surface area (Å²) in [4.78, 5) is 11.5. The molecular weight excluding hydrogens is 266 g/mol. The van der Waals surface area contributed by atoms with Gasteiger partial charge < -0.3 is 14.8 Å². The van der Waals surface area contributed by atoms with Gasteiger partial charge in [0.15, 0.2) is 0 Å². The van der Waals surface area contributed by atoms with Crippen molar-refractivity contribution >= 4 is 16.9 Å². The Bertz CT molecular complexity index is 819. The van der Waals surface area contributed by atoms with Gasteiger partial charge in [0.1, 0.15) is 5.75 Å². The summed E-state index contributed by atoms with van der Waals surface area (Å²) in [7, 11) is 0. The highest BCUT2D eigenvalue weighted by atomic mass is 16.4. The van der Waals surface area contributed by atoms with Crippen molar-refractivity contribution in [2.45, 2.75) is 13.5 Å². The van der Waals surface area contributed by atoms with Crippen molar-refractivity contribution in [3.63, 3.8) is 0 Å². The van der Waals surface area contributed by atoms with E-state index in [0.29, 0.717) is 17.6 Å². The van der Waals surface area contributed by atoms with Gasteiger partial charge in [0.05, 0.1) is 5.56 Å². The fourth-order valence-corrected chi connectivity index (χ4v) is 2.71. The molecule has 0 saturated carbocycles. The number of aromatic carboxylic acids is 1. The summed E-state index contributed by atoms with van der Waals surface area (Å²) in [6, 6.07) is 14.7. The Morgan fingerprint density at radius 3 is 2.52 bits per heavy atom. The van der Waals surface area contributed by atoms with Crippen LogP contribution in [0, 0.1) is 6.92 Å². The van der Waals surface area contributed by atoms with Crippen molar-refractivity contribution in [3.05, 3.63) is 65.4 Å². The second-order valence-corrected chi connectivity index (χ2v) is 5.04. The lowest BCUT2D eigenvalue weighted by Gasteiger charge is -2.08. The van der Waals surface area contributed by atoms with Gasteiger partial charge in [-0.2, -0.15) is 0 Å². The van der Waals surface area contributed by atoms with E-state index in [0.717, 1.165) is 11.1 Å². The topological polar surface area (TPSA) is 62.5 Å². The lowest BCUT2D eigenvalue weighted by atomic mass is 10.1. The van der Waals surface area contributed by atoms with Crippen LogP contribution < -0.4 is 0 Å². The number of hydrogen-bond donors (Lipinski definition) is 2. The van der Waals surface area contributed by atoms with Crippen molar-refractivity contribution in [2.24, 2.45) is 0 Å². The molecule has 1 aromatic heterocycles. The number of hydrogen-bond acceptors (Lipinski definition) is 2. The van der Waals surface area contributed by atoms with Gasteiger partial charge in [-0.25, -0.2) is 4.79 Å². The maximum absolute atomic E-state index is 11.5. The first-order valence-electron chi connectivity index (χ1n) is 6.67. The third-order valence-corrected chi connectivity index (χ3v) is 3.70. The Labute approximate surface area is 121 Å². The fourth-order valence-electron chi connectivity index (χ4n) is 2.71. The van der Waals surface area contributed by atoms with Crippen LogP contribution in [0.15, 0.2) is 48.5 Å². The third kappa shape index (κ3) is 2.25. The molecule has 4 heteroatoms. The number of phenolic OH excluding ortho intramolecular Hbond substituents is 1. The van der Waals surface area contributed by atoms with Gasteiger partial charge in [0.25, 0.3) is 0 Å². The molecule has 21 heavy (non-hydrogen) atoms. The molecule has 0 amide bonds. The number of phenols is 1. The Kier molecular flexibility index (Phi) is 3.14. The average Bonchev–Trinajstić information content (AvgIpc) is 2.72. The summed E-state index contributed by atoms with van der Waals surface area (Å²) >= 11 is 0. The molecule has 0 aliphatic carbocycles. The third-order valence-electron chi connectivity index (χ3n) is 3.70. The van der Waals surface area contributed by atoms with Crippen LogP contribution in [-0.4, -0.2) is 20.7 Å². The van der Waals surface area contributed by atoms with Gasteiger partial charge in [-0.1, -0.05) is 30.3 Å². The summed E-state index contributed by atoms with van der Waals surface area (Å²) in [5.41, 5.74) is 2.85. The van der Waals surface area contributed by atoms with Gasteiger partial charge in [-0.05, 0) is 30.7 Å². The standard InChI is InChI=1S/C17H15NO3/c1-11-16(17(20)21)14-9-13(19)7-8-15(14)18(11)10-12-5-3-2-4-6-12/h2-9,19H,10H2,1H3,(H,20,21). The molecule has 3 aromatic rings. The van der Waals surface area contributed by atoms with Crippen LogP contribution >= 0.6 is 0 Å². The molecule has 0 spiro atoms. The zero-order valence-corrected chi connectivity index (χ0v) is 11.6. The second kappa shape index (κ2) is 4.98. The van der Waals surface area contributed by atoms with E-state index in [1.54, 1.807) is 19.1 Å². The minimum atomic E-state index is -0.977. The SMILES string of the molecule is Cc1c(C(=O)O)c2cc(O)ccc2n1Cc1ccccc1. The van der Waals surface area contributed by atoms with E-state index < -0.39 is 5.97 Å². The van der Waals surface area contributed by atoms with E-state index in [9.17, 15) is 15.0 Å². The lowest BCUT2D eigenvalue weighted by Crippen LogP contribution is -2.04. The van der Waals surface area contributed by atoms with Crippen molar-refractivity contribution in [3.8, 4) is 5.75 Å². The van der Waals surface area contributed by atoms with Gasteiger partial charge in [0.2, 0.25) is 0 Å². The van der Waals surface area contributed by atoms with E-state index in [-0.39, 0.29) is 11.3 Å². The molecule has 0 saturated heterocycles. The van der Waals surface area contributed by atoms with Gasteiger partial charge in [-0.15, -0.1) is 0 Å². The first-order chi connectivity index (χ1) is 10.1. The van der Waals surface area contributed by atoms with Crippen molar-refractivity contribution in [2.75, 3.05) is 0 Å². The quantitative estimate of drug-likeness (QED) is 0.773. The summed E-state index contributed by atoms with van der Waals surface area (Å²) in [6.07, 6.45) is 0. The van der Waals surface area contributed by atoms with Crippen molar-refractivity contribution in [1.29, 1.82) is 0 Å². The molecule has 1 heterocycles. The molecule has 0 radical (unpaired) electrons. The summed E-state index contributed by atoms with van der Waals surface area (Å²) < 4.78 is 1.97. The van der Waals surface area contributed by atoms with Crippen LogP contribution in [0.5, 0.6) is 5.75 Å². The lowest BCUT2D eigenvalue weighted by molar-refractivity contribution is 0.0698. The highest BCUT2D eigenvalue weighted by Gasteiger charge is 2.19. The Hall–Kier alpha value is -2.75. The van der Waals surface area contributed by atoms with E-state index in [1.807, 2.05) is 34.9 Å². The highest BCUT2D eigenvalue weighted by molar-refractivity contribution is 6.05. The normalized spacial score (nSPS) is 10.9. The maximum atomic E-state index is 11.5. The van der Waals surface area contributed by atoms with E-state index >= 15 is 0 Å². The largest absolute Gasteiger partial charge is 0.508 e. The number of fused-ring (bicyclic) bond motifs is 1. The Balaban J connectivity index is 2.23. The molecular formula is C17H15NO3. The summed E-state index contributed by atoms with van der Waals surface area (Å²) in [6.45, 7) is 2.39. The van der Waals surface area contributed by atoms with Gasteiger partial charge in [0, 0.05) is 23.1 Å². The monoisotopic (exact) mass is 281 g/mol. The van der Waals surface area contributed by atoms with Crippen LogP contribution in [0.2, 0.25) is 0 Å². The van der Waals surface area contributed by atoms with Crippen molar-refractivity contribution < 1.29 is 15.0 Å². The van der Waals surface area contributed by atoms with Gasteiger partial charge in [-0.3, -0.25) is 0 Å². The number of carboxylic acid groups (broad SMARTS) is 1. The number of rotatable bonds is 3. The molecule has 0 aliphatic rings. The minimum absolute atomic E-state index is 0.0712. The number of carbonyl (C=O) groups is 1. The highest BCUT2D eigenvalue weighted by Crippen LogP contribution is 2.29. The summed E-state index contributed by atoms with van der Waals surface area (Å²) in [5.74, 6) is -0.906. The van der Waals surface area contributed by atoms with Gasteiger partial charge >= 0.3 is 5.97 Å². The molecule has 2 aromatic carbocycles. The molecule has 2 N–H and O–H groups in total. The Morgan fingerprint density at radius 2 is 1.86 bits per heavy atom. The molecule has 0 unspecified atom stereocenters. The van der Waals surface area contributed by atoms with E-state index in [4.69, 9.17) is 0 Å². The second-order valence-electron chi connectivity index (χ2n) is 5.04. The van der Waals surface area contributed by atoms with E-state index in [1.165, 1.54) is 6.07 Å². The predicted octanol–water partition coefficient (Wildman–Crippen LogP) is 3.40. The zero-order valence-electron chi connectivity index (χ0n) is 11.6. The van der Waals surface area contributed by atoms with Crippen LogP contribution in [-0.2, 0) is 6.54 Å². The first kappa shape index (κ1) is 13.2. The van der Waals surface area contributed by atoms with Crippen molar-refractivity contribution in [1.82, 2.24) is 4.57 Å². The average molecular weight is 281 g/mol. The predicted molar refractivity (Wildman–Crippen MR) is 80.8 cm³/mol. The molecule has 106 valence electrons. The van der Waals surface area contributed by atoms with E-state index in [2.05, 4.69) is 0 Å². The molecule has 4 nitrogen and oxygen atoms in total. The zero-order chi connectivity index (χ0) is 15.0. The van der Waals surface area contributed by atoms with Crippen LogP contribution in [0.4, 0.5) is 0 Å². The number of benzene rings is 2.